The summed E-state index contributed by atoms with van der Waals surface area (Å²) in [7, 11) is 4.25. The van der Waals surface area contributed by atoms with E-state index in [-0.39, 0.29) is 0 Å². The van der Waals surface area contributed by atoms with E-state index >= 15 is 0 Å². The van der Waals surface area contributed by atoms with Crippen LogP contribution in [-0.4, -0.2) is 48.1 Å². The molecule has 88 valence electrons. The number of nitrogens with zero attached hydrogens (tertiary/aromatic N) is 4. The highest BCUT2D eigenvalue weighted by Crippen LogP contribution is 2.25. The van der Waals surface area contributed by atoms with Gasteiger partial charge in [-0.2, -0.15) is 0 Å². The van der Waals surface area contributed by atoms with Gasteiger partial charge in [0.25, 0.3) is 0 Å². The third-order valence-electron chi connectivity index (χ3n) is 3.18. The number of likely N-dealkylation sites (N-methyl/N-ethyl adjacent to an activating group) is 1. The van der Waals surface area contributed by atoms with E-state index in [1.165, 1.54) is 6.33 Å². The van der Waals surface area contributed by atoms with Crippen LogP contribution in [0.25, 0.3) is 0 Å². The molecule has 1 aromatic heterocycles. The van der Waals surface area contributed by atoms with Crippen molar-refractivity contribution in [3.05, 3.63) is 17.5 Å². The highest BCUT2D eigenvalue weighted by molar-refractivity contribution is 6.29. The van der Waals surface area contributed by atoms with Crippen LogP contribution in [0.5, 0.6) is 0 Å². The smallest absolute Gasteiger partial charge is 0.134 e. The second-order valence-corrected chi connectivity index (χ2v) is 5.00. The van der Waals surface area contributed by atoms with E-state index in [1.54, 1.807) is 0 Å². The maximum atomic E-state index is 5.87. The van der Waals surface area contributed by atoms with Gasteiger partial charge in [0.15, 0.2) is 0 Å². The molecular weight excluding hydrogens is 224 g/mol. The highest BCUT2D eigenvalue weighted by atomic mass is 35.5. The van der Waals surface area contributed by atoms with Gasteiger partial charge in [0.2, 0.25) is 0 Å². The lowest BCUT2D eigenvalue weighted by atomic mass is 10.1. The van der Waals surface area contributed by atoms with Crippen molar-refractivity contribution in [3.8, 4) is 0 Å². The third kappa shape index (κ3) is 2.28. The van der Waals surface area contributed by atoms with E-state index in [1.807, 2.05) is 6.07 Å². The lowest BCUT2D eigenvalue weighted by Gasteiger charge is -2.22. The van der Waals surface area contributed by atoms with Gasteiger partial charge in [-0.25, -0.2) is 9.97 Å². The van der Waals surface area contributed by atoms with Crippen LogP contribution in [-0.2, 0) is 0 Å². The Bertz CT molecular complexity index is 369. The van der Waals surface area contributed by atoms with Crippen molar-refractivity contribution in [2.24, 2.45) is 5.92 Å². The van der Waals surface area contributed by atoms with Gasteiger partial charge >= 0.3 is 0 Å². The van der Waals surface area contributed by atoms with Crippen LogP contribution in [0.2, 0.25) is 5.15 Å². The van der Waals surface area contributed by atoms with Crippen LogP contribution in [0.4, 0.5) is 5.82 Å². The monoisotopic (exact) mass is 240 g/mol. The van der Waals surface area contributed by atoms with Gasteiger partial charge < -0.3 is 9.80 Å². The molecule has 1 fully saturated rings. The summed E-state index contributed by atoms with van der Waals surface area (Å²) in [5, 5.41) is 0.506. The quantitative estimate of drug-likeness (QED) is 0.734. The number of hydrogen-bond acceptors (Lipinski definition) is 4. The molecule has 2 heterocycles. The van der Waals surface area contributed by atoms with Crippen molar-refractivity contribution in [2.45, 2.75) is 13.0 Å². The molecule has 0 aromatic carbocycles. The molecule has 5 heteroatoms. The van der Waals surface area contributed by atoms with Crippen LogP contribution in [0.15, 0.2) is 12.4 Å². The number of aromatic nitrogens is 2. The van der Waals surface area contributed by atoms with E-state index in [0.29, 0.717) is 17.1 Å². The highest BCUT2D eigenvalue weighted by Gasteiger charge is 2.31. The van der Waals surface area contributed by atoms with E-state index < -0.39 is 0 Å². The van der Waals surface area contributed by atoms with Gasteiger partial charge in [-0.05, 0) is 20.0 Å². The molecule has 2 atom stereocenters. The SMILES string of the molecule is CC1CN(c2cc(Cl)ncn2)CC1N(C)C. The molecule has 1 aliphatic heterocycles. The normalized spacial score (nSPS) is 25.4. The van der Waals surface area contributed by atoms with E-state index in [2.05, 4.69) is 40.8 Å². The summed E-state index contributed by atoms with van der Waals surface area (Å²) in [4.78, 5) is 12.7. The van der Waals surface area contributed by atoms with Gasteiger partial charge in [0, 0.05) is 25.2 Å². The average Bonchev–Trinajstić information content (AvgIpc) is 2.60. The molecule has 16 heavy (non-hydrogen) atoms. The first-order valence-corrected chi connectivity index (χ1v) is 5.84. The number of hydrogen-bond donors (Lipinski definition) is 0. The van der Waals surface area contributed by atoms with Crippen LogP contribution < -0.4 is 4.90 Å². The number of rotatable bonds is 2. The Hall–Kier alpha value is -0.870. The van der Waals surface area contributed by atoms with Gasteiger partial charge in [0.05, 0.1) is 0 Å². The Morgan fingerprint density at radius 3 is 2.69 bits per heavy atom. The molecular formula is C11H17ClN4. The minimum Gasteiger partial charge on any atom is -0.355 e. The molecule has 0 saturated carbocycles. The molecule has 0 aliphatic carbocycles. The average molecular weight is 241 g/mol. The molecule has 1 saturated heterocycles. The predicted octanol–water partition coefficient (Wildman–Crippen LogP) is 1.52. The minimum atomic E-state index is 0.506. The molecule has 2 unspecified atom stereocenters. The molecule has 0 N–H and O–H groups in total. The molecule has 2 rings (SSSR count). The summed E-state index contributed by atoms with van der Waals surface area (Å²) < 4.78 is 0. The van der Waals surface area contributed by atoms with E-state index in [0.717, 1.165) is 18.9 Å². The second-order valence-electron chi connectivity index (χ2n) is 4.61. The summed E-state index contributed by atoms with van der Waals surface area (Å²) >= 11 is 5.87. The van der Waals surface area contributed by atoms with E-state index in [9.17, 15) is 0 Å². The fourth-order valence-electron chi connectivity index (χ4n) is 2.31. The summed E-state index contributed by atoms with van der Waals surface area (Å²) in [6.45, 7) is 4.30. The zero-order chi connectivity index (χ0) is 11.7. The molecule has 0 spiro atoms. The molecule has 0 bridgehead atoms. The summed E-state index contributed by atoms with van der Waals surface area (Å²) in [5.74, 6) is 1.57. The lowest BCUT2D eigenvalue weighted by molar-refractivity contribution is 0.266. The fraction of sp³-hybridized carbons (Fsp3) is 0.636. The molecule has 1 aliphatic rings. The van der Waals surface area contributed by atoms with Crippen LogP contribution in [0.1, 0.15) is 6.92 Å². The molecule has 0 amide bonds. The van der Waals surface area contributed by atoms with Crippen molar-refractivity contribution in [1.82, 2.24) is 14.9 Å². The second kappa shape index (κ2) is 4.55. The van der Waals surface area contributed by atoms with Crippen LogP contribution in [0, 0.1) is 5.92 Å². The first-order chi connectivity index (χ1) is 7.58. The van der Waals surface area contributed by atoms with Crippen molar-refractivity contribution < 1.29 is 0 Å². The lowest BCUT2D eigenvalue weighted by Crippen LogP contribution is -2.34. The molecule has 0 radical (unpaired) electrons. The third-order valence-corrected chi connectivity index (χ3v) is 3.39. The van der Waals surface area contributed by atoms with Crippen molar-refractivity contribution >= 4 is 17.4 Å². The van der Waals surface area contributed by atoms with Crippen LogP contribution in [0.3, 0.4) is 0 Å². The maximum Gasteiger partial charge on any atom is 0.134 e. The summed E-state index contributed by atoms with van der Waals surface area (Å²) in [6.07, 6.45) is 1.52. The molecule has 1 aromatic rings. The van der Waals surface area contributed by atoms with Gasteiger partial charge in [-0.1, -0.05) is 18.5 Å². The number of anilines is 1. The maximum absolute atomic E-state index is 5.87. The fourth-order valence-corrected chi connectivity index (χ4v) is 2.45. The van der Waals surface area contributed by atoms with Gasteiger partial charge in [-0.15, -0.1) is 0 Å². The Morgan fingerprint density at radius 2 is 2.12 bits per heavy atom. The van der Waals surface area contributed by atoms with Crippen LogP contribution >= 0.6 is 11.6 Å². The Balaban J connectivity index is 2.13. The minimum absolute atomic E-state index is 0.506. The first-order valence-electron chi connectivity index (χ1n) is 5.47. The van der Waals surface area contributed by atoms with Gasteiger partial charge in [0.1, 0.15) is 17.3 Å². The Labute approximate surface area is 101 Å². The first kappa shape index (κ1) is 11.6. The summed E-state index contributed by atoms with van der Waals surface area (Å²) in [5.41, 5.74) is 0. The Morgan fingerprint density at radius 1 is 1.38 bits per heavy atom. The summed E-state index contributed by atoms with van der Waals surface area (Å²) in [6, 6.07) is 2.40. The number of halogens is 1. The topological polar surface area (TPSA) is 32.3 Å². The van der Waals surface area contributed by atoms with Crippen molar-refractivity contribution in [2.75, 3.05) is 32.1 Å². The van der Waals surface area contributed by atoms with Crippen molar-refractivity contribution in [1.29, 1.82) is 0 Å². The standard InChI is InChI=1S/C11H17ClN4/c1-8-5-16(6-9(8)15(2)3)11-4-10(12)13-7-14-11/h4,7-9H,5-6H2,1-3H3. The van der Waals surface area contributed by atoms with E-state index in [4.69, 9.17) is 11.6 Å². The Kier molecular flexibility index (Phi) is 3.30. The zero-order valence-corrected chi connectivity index (χ0v) is 10.6. The largest absolute Gasteiger partial charge is 0.355 e. The predicted molar refractivity (Wildman–Crippen MR) is 65.9 cm³/mol. The zero-order valence-electron chi connectivity index (χ0n) is 9.89. The molecule has 4 nitrogen and oxygen atoms in total. The van der Waals surface area contributed by atoms with Crippen molar-refractivity contribution in [3.63, 3.8) is 0 Å². The van der Waals surface area contributed by atoms with Gasteiger partial charge in [-0.3, -0.25) is 0 Å².